The van der Waals surface area contributed by atoms with Crippen molar-refractivity contribution in [1.29, 1.82) is 0 Å². The van der Waals surface area contributed by atoms with Gasteiger partial charge >= 0.3 is 0 Å². The average molecular weight is 294 g/mol. The van der Waals surface area contributed by atoms with Gasteiger partial charge in [0.1, 0.15) is 6.61 Å². The van der Waals surface area contributed by atoms with Crippen LogP contribution in [0.2, 0.25) is 0 Å². The molecule has 0 aliphatic heterocycles. The maximum Gasteiger partial charge on any atom is 0.225 e. The van der Waals surface area contributed by atoms with Crippen molar-refractivity contribution in [1.82, 2.24) is 4.90 Å². The Morgan fingerprint density at radius 2 is 2.19 bits per heavy atom. The van der Waals surface area contributed by atoms with Crippen molar-refractivity contribution in [3.63, 3.8) is 0 Å². The lowest BCUT2D eigenvalue weighted by Crippen LogP contribution is -2.38. The van der Waals surface area contributed by atoms with Gasteiger partial charge in [-0.2, -0.15) is 0 Å². The Morgan fingerprint density at radius 1 is 1.43 bits per heavy atom. The number of ether oxygens (including phenoxy) is 1. The lowest BCUT2D eigenvalue weighted by Gasteiger charge is -2.24. The Labute approximate surface area is 125 Å². The summed E-state index contributed by atoms with van der Waals surface area (Å²) < 4.78 is 18.8. The Hall–Kier alpha value is -1.62. The minimum Gasteiger partial charge on any atom is -0.489 e. The van der Waals surface area contributed by atoms with Crippen LogP contribution >= 0.6 is 0 Å². The first-order chi connectivity index (χ1) is 10.1. The summed E-state index contributed by atoms with van der Waals surface area (Å²) in [6.45, 7) is 1.29. The van der Waals surface area contributed by atoms with Crippen molar-refractivity contribution >= 4 is 5.91 Å². The molecule has 0 spiro atoms. The SMILES string of the molecule is CN(CCOc1ccccc1F)C(=O)C1CCCC1CN. The molecule has 0 bridgehead atoms. The van der Waals surface area contributed by atoms with E-state index in [9.17, 15) is 9.18 Å². The van der Waals surface area contributed by atoms with E-state index < -0.39 is 0 Å². The molecule has 1 fully saturated rings. The Kier molecular flexibility index (Phi) is 5.56. The zero-order valence-electron chi connectivity index (χ0n) is 12.4. The second-order valence-electron chi connectivity index (χ2n) is 5.57. The maximum absolute atomic E-state index is 13.4. The molecule has 2 atom stereocenters. The molecule has 1 aliphatic carbocycles. The van der Waals surface area contributed by atoms with Crippen LogP contribution in [0.1, 0.15) is 19.3 Å². The molecular weight excluding hydrogens is 271 g/mol. The van der Waals surface area contributed by atoms with Crippen LogP contribution in [0.4, 0.5) is 4.39 Å². The third-order valence-electron chi connectivity index (χ3n) is 4.18. The zero-order chi connectivity index (χ0) is 15.2. The van der Waals surface area contributed by atoms with E-state index in [1.807, 2.05) is 0 Å². The van der Waals surface area contributed by atoms with Gasteiger partial charge in [-0.3, -0.25) is 4.79 Å². The number of nitrogens with zero attached hydrogens (tertiary/aromatic N) is 1. The molecule has 1 amide bonds. The van der Waals surface area contributed by atoms with E-state index in [1.54, 1.807) is 30.1 Å². The van der Waals surface area contributed by atoms with Gasteiger partial charge in [-0.25, -0.2) is 4.39 Å². The monoisotopic (exact) mass is 294 g/mol. The normalized spacial score (nSPS) is 21.3. The van der Waals surface area contributed by atoms with E-state index in [4.69, 9.17) is 10.5 Å². The summed E-state index contributed by atoms with van der Waals surface area (Å²) in [7, 11) is 1.76. The van der Waals surface area contributed by atoms with Crippen LogP contribution in [-0.4, -0.2) is 37.6 Å². The van der Waals surface area contributed by atoms with Crippen LogP contribution in [-0.2, 0) is 4.79 Å². The minimum atomic E-state index is -0.384. The minimum absolute atomic E-state index is 0.0356. The summed E-state index contributed by atoms with van der Waals surface area (Å²) in [5, 5.41) is 0. The molecule has 1 saturated carbocycles. The molecule has 5 heteroatoms. The quantitative estimate of drug-likeness (QED) is 0.873. The van der Waals surface area contributed by atoms with Crippen molar-refractivity contribution in [2.75, 3.05) is 26.7 Å². The number of para-hydroxylation sites is 1. The molecule has 1 aromatic carbocycles. The van der Waals surface area contributed by atoms with Gasteiger partial charge in [-0.05, 0) is 37.4 Å². The molecule has 1 aliphatic rings. The number of benzene rings is 1. The van der Waals surface area contributed by atoms with Crippen LogP contribution in [0.25, 0.3) is 0 Å². The first-order valence-electron chi connectivity index (χ1n) is 7.46. The van der Waals surface area contributed by atoms with Gasteiger partial charge in [0, 0.05) is 13.0 Å². The molecule has 2 unspecified atom stereocenters. The third kappa shape index (κ3) is 3.94. The topological polar surface area (TPSA) is 55.6 Å². The molecule has 2 rings (SSSR count). The van der Waals surface area contributed by atoms with E-state index in [2.05, 4.69) is 0 Å². The summed E-state index contributed by atoms with van der Waals surface area (Å²) in [6.07, 6.45) is 3.02. The van der Waals surface area contributed by atoms with Gasteiger partial charge in [0.05, 0.1) is 6.54 Å². The van der Waals surface area contributed by atoms with Crippen molar-refractivity contribution < 1.29 is 13.9 Å². The highest BCUT2D eigenvalue weighted by Gasteiger charge is 2.33. The number of hydrogen-bond donors (Lipinski definition) is 1. The Bertz CT molecular complexity index is 481. The van der Waals surface area contributed by atoms with Crippen molar-refractivity contribution in [3.8, 4) is 5.75 Å². The summed E-state index contributed by atoms with van der Waals surface area (Å²) in [5.74, 6) is 0.297. The predicted molar refractivity (Wildman–Crippen MR) is 79.4 cm³/mol. The molecule has 0 radical (unpaired) electrons. The molecule has 2 N–H and O–H groups in total. The van der Waals surface area contributed by atoms with E-state index >= 15 is 0 Å². The highest BCUT2D eigenvalue weighted by Crippen LogP contribution is 2.32. The fraction of sp³-hybridized carbons (Fsp3) is 0.562. The van der Waals surface area contributed by atoms with Gasteiger partial charge in [-0.1, -0.05) is 18.6 Å². The number of carbonyl (C=O) groups excluding carboxylic acids is 1. The largest absolute Gasteiger partial charge is 0.489 e. The molecule has 4 nitrogen and oxygen atoms in total. The molecule has 0 saturated heterocycles. The van der Waals surface area contributed by atoms with Gasteiger partial charge < -0.3 is 15.4 Å². The molecular formula is C16H23FN2O2. The van der Waals surface area contributed by atoms with E-state index in [0.29, 0.717) is 19.0 Å². The summed E-state index contributed by atoms with van der Waals surface area (Å²) in [5.41, 5.74) is 5.72. The third-order valence-corrected chi connectivity index (χ3v) is 4.18. The second-order valence-corrected chi connectivity index (χ2v) is 5.57. The molecule has 21 heavy (non-hydrogen) atoms. The van der Waals surface area contributed by atoms with E-state index in [0.717, 1.165) is 19.3 Å². The molecule has 0 aromatic heterocycles. The van der Waals surface area contributed by atoms with Gasteiger partial charge in [-0.15, -0.1) is 0 Å². The van der Waals surface area contributed by atoms with Crippen LogP contribution in [0.15, 0.2) is 24.3 Å². The number of likely N-dealkylation sites (N-methyl/N-ethyl adjacent to an activating group) is 1. The Balaban J connectivity index is 1.80. The number of nitrogens with two attached hydrogens (primary N) is 1. The van der Waals surface area contributed by atoms with Crippen LogP contribution in [0, 0.1) is 17.7 Å². The number of amides is 1. The van der Waals surface area contributed by atoms with Gasteiger partial charge in [0.25, 0.3) is 0 Å². The summed E-state index contributed by atoms with van der Waals surface area (Å²) >= 11 is 0. The zero-order valence-corrected chi connectivity index (χ0v) is 12.4. The Morgan fingerprint density at radius 3 is 2.90 bits per heavy atom. The number of hydrogen-bond acceptors (Lipinski definition) is 3. The highest BCUT2D eigenvalue weighted by molar-refractivity contribution is 5.79. The van der Waals surface area contributed by atoms with Crippen LogP contribution in [0.3, 0.4) is 0 Å². The first-order valence-corrected chi connectivity index (χ1v) is 7.46. The van der Waals surface area contributed by atoms with Crippen molar-refractivity contribution in [3.05, 3.63) is 30.1 Å². The first kappa shape index (κ1) is 15.8. The fourth-order valence-corrected chi connectivity index (χ4v) is 2.89. The lowest BCUT2D eigenvalue weighted by molar-refractivity contribution is -0.135. The molecule has 0 heterocycles. The average Bonchev–Trinajstić information content (AvgIpc) is 2.96. The summed E-state index contributed by atoms with van der Waals surface area (Å²) in [6, 6.07) is 6.27. The maximum atomic E-state index is 13.4. The van der Waals surface area contributed by atoms with Crippen molar-refractivity contribution in [2.24, 2.45) is 17.6 Å². The highest BCUT2D eigenvalue weighted by atomic mass is 19.1. The number of carbonyl (C=O) groups is 1. The number of halogens is 1. The smallest absolute Gasteiger partial charge is 0.225 e. The van der Waals surface area contributed by atoms with Gasteiger partial charge in [0.2, 0.25) is 5.91 Å². The predicted octanol–water partition coefficient (Wildman–Crippen LogP) is 2.04. The van der Waals surface area contributed by atoms with Crippen molar-refractivity contribution in [2.45, 2.75) is 19.3 Å². The van der Waals surface area contributed by atoms with Gasteiger partial charge in [0.15, 0.2) is 11.6 Å². The standard InChI is InChI=1S/C16H23FN2O2/c1-19(16(20)13-6-4-5-12(13)11-18)9-10-21-15-8-3-2-7-14(15)17/h2-3,7-8,12-13H,4-6,9-11,18H2,1H3. The number of rotatable bonds is 6. The molecule has 116 valence electrons. The van der Waals surface area contributed by atoms with E-state index in [1.165, 1.54) is 6.07 Å². The lowest BCUT2D eigenvalue weighted by atomic mass is 9.95. The van der Waals surface area contributed by atoms with E-state index in [-0.39, 0.29) is 30.0 Å². The second kappa shape index (κ2) is 7.41. The van der Waals surface area contributed by atoms with Crippen LogP contribution in [0.5, 0.6) is 5.75 Å². The fourth-order valence-electron chi connectivity index (χ4n) is 2.89. The van der Waals surface area contributed by atoms with Crippen LogP contribution < -0.4 is 10.5 Å². The summed E-state index contributed by atoms with van der Waals surface area (Å²) in [4.78, 5) is 14.0. The molecule has 1 aromatic rings.